The van der Waals surface area contributed by atoms with Crippen LogP contribution in [0.25, 0.3) is 0 Å². The quantitative estimate of drug-likeness (QED) is 0.654. The molecule has 0 amide bonds. The first-order chi connectivity index (χ1) is 6.11. The molecule has 0 saturated heterocycles. The summed E-state index contributed by atoms with van der Waals surface area (Å²) in [4.78, 5) is 3.23. The number of aromatic nitrogens is 1. The monoisotopic (exact) mass is 181 g/mol. The summed E-state index contributed by atoms with van der Waals surface area (Å²) in [5.74, 6) is 0. The molecule has 0 aliphatic carbocycles. The van der Waals surface area contributed by atoms with Gasteiger partial charge in [0.1, 0.15) is 0 Å². The number of nitrogens with one attached hydrogen (secondary N) is 3. The van der Waals surface area contributed by atoms with Gasteiger partial charge in [0, 0.05) is 17.4 Å². The predicted octanol–water partition coefficient (Wildman–Crippen LogP) is 1.27. The van der Waals surface area contributed by atoms with Gasteiger partial charge in [0.2, 0.25) is 0 Å². The molecule has 74 valence electrons. The number of H-pyrrole nitrogens is 1. The molecule has 3 N–H and O–H groups in total. The van der Waals surface area contributed by atoms with Gasteiger partial charge in [-0.15, -0.1) is 0 Å². The van der Waals surface area contributed by atoms with Crippen LogP contribution in [-0.2, 0) is 0 Å². The van der Waals surface area contributed by atoms with Crippen LogP contribution in [0.5, 0.6) is 0 Å². The highest BCUT2D eigenvalue weighted by molar-refractivity contribution is 5.14. The Bertz CT molecular complexity index is 239. The van der Waals surface area contributed by atoms with Crippen LogP contribution in [0.4, 0.5) is 0 Å². The zero-order valence-corrected chi connectivity index (χ0v) is 8.81. The lowest BCUT2D eigenvalue weighted by atomic mass is 9.92. The third-order valence-corrected chi connectivity index (χ3v) is 2.59. The highest BCUT2D eigenvalue weighted by Gasteiger charge is 2.28. The maximum atomic E-state index is 3.30. The van der Waals surface area contributed by atoms with Crippen molar-refractivity contribution >= 4 is 0 Å². The van der Waals surface area contributed by atoms with Gasteiger partial charge in [0.25, 0.3) is 0 Å². The predicted molar refractivity (Wildman–Crippen MR) is 55.7 cm³/mol. The fraction of sp³-hybridized carbons (Fsp3) is 0.600. The van der Waals surface area contributed by atoms with Crippen LogP contribution in [0.15, 0.2) is 18.3 Å². The Morgan fingerprint density at radius 1 is 1.38 bits per heavy atom. The second-order valence-corrected chi connectivity index (χ2v) is 3.82. The van der Waals surface area contributed by atoms with E-state index in [9.17, 15) is 0 Å². The van der Waals surface area contributed by atoms with E-state index in [0.29, 0.717) is 6.04 Å². The van der Waals surface area contributed by atoms with Crippen LogP contribution in [0, 0.1) is 0 Å². The summed E-state index contributed by atoms with van der Waals surface area (Å²) in [5, 5.41) is 6.60. The molecule has 0 radical (unpaired) electrons. The molecule has 13 heavy (non-hydrogen) atoms. The summed E-state index contributed by atoms with van der Waals surface area (Å²) >= 11 is 0. The Morgan fingerprint density at radius 3 is 2.46 bits per heavy atom. The van der Waals surface area contributed by atoms with Crippen molar-refractivity contribution in [2.45, 2.75) is 25.4 Å². The van der Waals surface area contributed by atoms with E-state index in [4.69, 9.17) is 0 Å². The first kappa shape index (κ1) is 10.3. The second-order valence-electron chi connectivity index (χ2n) is 3.82. The average molecular weight is 181 g/mol. The minimum atomic E-state index is 0.0413. The molecule has 1 unspecified atom stereocenters. The summed E-state index contributed by atoms with van der Waals surface area (Å²) in [6.45, 7) is 4.35. The lowest BCUT2D eigenvalue weighted by molar-refractivity contribution is 0.307. The molecular formula is C10H19N3. The zero-order valence-electron chi connectivity index (χ0n) is 8.81. The summed E-state index contributed by atoms with van der Waals surface area (Å²) in [6.07, 6.45) is 1.95. The molecule has 0 saturated carbocycles. The van der Waals surface area contributed by atoms with Crippen LogP contribution in [-0.4, -0.2) is 24.6 Å². The third-order valence-electron chi connectivity index (χ3n) is 2.59. The van der Waals surface area contributed by atoms with Gasteiger partial charge in [-0.1, -0.05) is 0 Å². The van der Waals surface area contributed by atoms with Crippen LogP contribution < -0.4 is 10.6 Å². The van der Waals surface area contributed by atoms with E-state index < -0.39 is 0 Å². The first-order valence-corrected chi connectivity index (χ1v) is 4.61. The lowest BCUT2D eigenvalue weighted by Crippen LogP contribution is -2.47. The van der Waals surface area contributed by atoms with Crippen molar-refractivity contribution in [3.05, 3.63) is 24.0 Å². The van der Waals surface area contributed by atoms with Gasteiger partial charge >= 0.3 is 0 Å². The molecule has 0 bridgehead atoms. The maximum absolute atomic E-state index is 3.30. The number of hydrogen-bond acceptors (Lipinski definition) is 2. The van der Waals surface area contributed by atoms with E-state index >= 15 is 0 Å². The first-order valence-electron chi connectivity index (χ1n) is 4.61. The highest BCUT2D eigenvalue weighted by Crippen LogP contribution is 2.22. The summed E-state index contributed by atoms with van der Waals surface area (Å²) in [6, 6.07) is 4.42. The standard InChI is InChI=1S/C10H19N3/c1-10(2,12-4)9(11-3)8-6-5-7-13-8/h5-7,9,11-13H,1-4H3. The van der Waals surface area contributed by atoms with Gasteiger partial charge in [-0.25, -0.2) is 0 Å². The molecule has 0 aliphatic heterocycles. The van der Waals surface area contributed by atoms with Gasteiger partial charge in [-0.05, 0) is 40.1 Å². The zero-order chi connectivity index (χ0) is 9.90. The molecule has 1 rings (SSSR count). The maximum Gasteiger partial charge on any atom is 0.0649 e. The molecule has 1 aromatic rings. The van der Waals surface area contributed by atoms with E-state index in [-0.39, 0.29) is 5.54 Å². The Morgan fingerprint density at radius 2 is 2.08 bits per heavy atom. The van der Waals surface area contributed by atoms with Gasteiger partial charge in [0.15, 0.2) is 0 Å². The third kappa shape index (κ3) is 2.11. The SMILES string of the molecule is CNC(c1ccc[nH]1)C(C)(C)NC. The highest BCUT2D eigenvalue weighted by atomic mass is 15.0. The van der Waals surface area contributed by atoms with Crippen molar-refractivity contribution in [1.82, 2.24) is 15.6 Å². The van der Waals surface area contributed by atoms with E-state index in [1.54, 1.807) is 0 Å². The van der Waals surface area contributed by atoms with Crippen molar-refractivity contribution in [2.75, 3.05) is 14.1 Å². The van der Waals surface area contributed by atoms with Crippen LogP contribution in [0.1, 0.15) is 25.6 Å². The number of hydrogen-bond donors (Lipinski definition) is 3. The lowest BCUT2D eigenvalue weighted by Gasteiger charge is -2.33. The minimum Gasteiger partial charge on any atom is -0.364 e. The van der Waals surface area contributed by atoms with E-state index in [0.717, 1.165) is 0 Å². The molecule has 3 heteroatoms. The second kappa shape index (κ2) is 3.94. The van der Waals surface area contributed by atoms with Gasteiger partial charge in [-0.2, -0.15) is 0 Å². The Kier molecular flexibility index (Phi) is 3.12. The largest absolute Gasteiger partial charge is 0.364 e. The normalized spacial score (nSPS) is 14.5. The molecule has 3 nitrogen and oxygen atoms in total. The summed E-state index contributed by atoms with van der Waals surface area (Å²) in [7, 11) is 3.96. The Balaban J connectivity index is 2.86. The van der Waals surface area contributed by atoms with E-state index in [2.05, 4.69) is 35.5 Å². The molecule has 0 aliphatic rings. The van der Waals surface area contributed by atoms with Crippen molar-refractivity contribution in [3.63, 3.8) is 0 Å². The van der Waals surface area contributed by atoms with Crippen molar-refractivity contribution in [1.29, 1.82) is 0 Å². The minimum absolute atomic E-state index is 0.0413. The fourth-order valence-corrected chi connectivity index (χ4v) is 1.57. The van der Waals surface area contributed by atoms with Gasteiger partial charge in [0.05, 0.1) is 6.04 Å². The van der Waals surface area contributed by atoms with Crippen molar-refractivity contribution < 1.29 is 0 Å². The molecular weight excluding hydrogens is 162 g/mol. The summed E-state index contributed by atoms with van der Waals surface area (Å²) in [5.41, 5.74) is 1.25. The number of likely N-dealkylation sites (N-methyl/N-ethyl adjacent to an activating group) is 2. The molecule has 0 fully saturated rings. The van der Waals surface area contributed by atoms with Crippen LogP contribution in [0.2, 0.25) is 0 Å². The average Bonchev–Trinajstić information content (AvgIpc) is 2.58. The smallest absolute Gasteiger partial charge is 0.0649 e. The molecule has 1 heterocycles. The number of rotatable bonds is 4. The van der Waals surface area contributed by atoms with E-state index in [1.807, 2.05) is 26.4 Å². The molecule has 0 spiro atoms. The Hall–Kier alpha value is -0.800. The van der Waals surface area contributed by atoms with E-state index in [1.165, 1.54) is 5.69 Å². The number of aromatic amines is 1. The Labute approximate surface area is 79.9 Å². The molecule has 1 aromatic heterocycles. The fourth-order valence-electron chi connectivity index (χ4n) is 1.57. The molecule has 0 aromatic carbocycles. The van der Waals surface area contributed by atoms with Gasteiger partial charge in [-0.3, -0.25) is 0 Å². The summed E-state index contributed by atoms with van der Waals surface area (Å²) < 4.78 is 0. The van der Waals surface area contributed by atoms with Crippen molar-refractivity contribution in [3.8, 4) is 0 Å². The topological polar surface area (TPSA) is 39.9 Å². The van der Waals surface area contributed by atoms with Crippen molar-refractivity contribution in [2.24, 2.45) is 0 Å². The molecule has 1 atom stereocenters. The van der Waals surface area contributed by atoms with Crippen LogP contribution in [0.3, 0.4) is 0 Å². The van der Waals surface area contributed by atoms with Crippen LogP contribution >= 0.6 is 0 Å². The van der Waals surface area contributed by atoms with Gasteiger partial charge < -0.3 is 15.6 Å².